The van der Waals surface area contributed by atoms with E-state index in [0.29, 0.717) is 23.7 Å². The highest BCUT2D eigenvalue weighted by molar-refractivity contribution is 5.93. The molecule has 25 heavy (non-hydrogen) atoms. The van der Waals surface area contributed by atoms with E-state index in [0.717, 1.165) is 22.0 Å². The highest BCUT2D eigenvalue weighted by Gasteiger charge is 2.19. The molecule has 0 bridgehead atoms. The van der Waals surface area contributed by atoms with Gasteiger partial charge in [-0.15, -0.1) is 0 Å². The minimum atomic E-state index is -0.378. The lowest BCUT2D eigenvalue weighted by molar-refractivity contribution is 0.327. The van der Waals surface area contributed by atoms with Crippen molar-refractivity contribution >= 4 is 10.9 Å². The van der Waals surface area contributed by atoms with Gasteiger partial charge in [-0.05, 0) is 35.7 Å². The molecule has 5 nitrogen and oxygen atoms in total. The molecular formula is C19H20FNO4. The van der Waals surface area contributed by atoms with Crippen molar-refractivity contribution in [2.75, 3.05) is 28.4 Å². The van der Waals surface area contributed by atoms with E-state index in [9.17, 15) is 4.39 Å². The Balaban J connectivity index is 2.07. The molecule has 3 rings (SSSR count). The molecule has 0 amide bonds. The minimum Gasteiger partial charge on any atom is -0.494 e. The predicted octanol–water partition coefficient (Wildman–Crippen LogP) is 3.93. The van der Waals surface area contributed by atoms with Crippen LogP contribution in [0.2, 0.25) is 0 Å². The number of H-pyrrole nitrogens is 1. The Morgan fingerprint density at radius 2 is 1.60 bits per heavy atom. The zero-order valence-corrected chi connectivity index (χ0v) is 14.6. The third-order valence-electron chi connectivity index (χ3n) is 4.18. The van der Waals surface area contributed by atoms with Crippen LogP contribution >= 0.6 is 0 Å². The molecule has 3 aromatic rings. The van der Waals surface area contributed by atoms with Gasteiger partial charge in [0.25, 0.3) is 0 Å². The van der Waals surface area contributed by atoms with Gasteiger partial charge in [0, 0.05) is 11.6 Å². The number of hydrogen-bond acceptors (Lipinski definition) is 4. The first-order chi connectivity index (χ1) is 12.1. The second kappa shape index (κ2) is 6.93. The Labute approximate surface area is 145 Å². The fraction of sp³-hybridized carbons (Fsp3) is 0.263. The molecule has 0 saturated carbocycles. The lowest BCUT2D eigenvalue weighted by Crippen LogP contribution is -1.96. The van der Waals surface area contributed by atoms with Crippen LogP contribution in [0.3, 0.4) is 0 Å². The molecular weight excluding hydrogens is 325 g/mol. The molecule has 1 heterocycles. The molecule has 0 saturated heterocycles. The predicted molar refractivity (Wildman–Crippen MR) is 93.7 cm³/mol. The lowest BCUT2D eigenvalue weighted by Gasteiger charge is -2.13. The molecule has 0 aliphatic carbocycles. The summed E-state index contributed by atoms with van der Waals surface area (Å²) in [6.07, 6.45) is 2.44. The Kier molecular flexibility index (Phi) is 4.70. The maximum atomic E-state index is 13.9. The van der Waals surface area contributed by atoms with Crippen LogP contribution in [-0.2, 0) is 6.42 Å². The van der Waals surface area contributed by atoms with Crippen LogP contribution < -0.4 is 18.9 Å². The van der Waals surface area contributed by atoms with Gasteiger partial charge in [-0.1, -0.05) is 6.07 Å². The summed E-state index contributed by atoms with van der Waals surface area (Å²) in [5.41, 5.74) is 2.65. The number of nitrogens with one attached hydrogen (secondary N) is 1. The average molecular weight is 345 g/mol. The lowest BCUT2D eigenvalue weighted by atomic mass is 10.0. The monoisotopic (exact) mass is 345 g/mol. The molecule has 0 unspecified atom stereocenters. The maximum Gasteiger partial charge on any atom is 0.205 e. The first-order valence-corrected chi connectivity index (χ1v) is 7.74. The third-order valence-corrected chi connectivity index (χ3v) is 4.18. The fourth-order valence-electron chi connectivity index (χ4n) is 2.98. The first kappa shape index (κ1) is 17.0. The van der Waals surface area contributed by atoms with Gasteiger partial charge >= 0.3 is 0 Å². The summed E-state index contributed by atoms with van der Waals surface area (Å²) in [4.78, 5) is 3.21. The Bertz CT molecular complexity index is 904. The maximum absolute atomic E-state index is 13.9. The largest absolute Gasteiger partial charge is 0.494 e. The number of methoxy groups -OCH3 is 4. The van der Waals surface area contributed by atoms with E-state index in [1.54, 1.807) is 27.4 Å². The standard InChI is InChI=1S/C19H20FNO4/c1-22-15-6-5-11(8-14(15)20)7-12-10-21-17-13(12)9-16(23-2)18(24-3)19(17)25-4/h5-6,8-10,21H,7H2,1-4H3. The summed E-state index contributed by atoms with van der Waals surface area (Å²) in [5, 5.41) is 0.936. The smallest absolute Gasteiger partial charge is 0.205 e. The van der Waals surface area contributed by atoms with Crippen molar-refractivity contribution in [2.45, 2.75) is 6.42 Å². The van der Waals surface area contributed by atoms with Gasteiger partial charge in [-0.25, -0.2) is 4.39 Å². The summed E-state index contributed by atoms with van der Waals surface area (Å²) >= 11 is 0. The highest BCUT2D eigenvalue weighted by atomic mass is 19.1. The van der Waals surface area contributed by atoms with E-state index >= 15 is 0 Å². The number of aromatic amines is 1. The van der Waals surface area contributed by atoms with E-state index in [-0.39, 0.29) is 11.6 Å². The van der Waals surface area contributed by atoms with Crippen molar-refractivity contribution in [3.63, 3.8) is 0 Å². The highest BCUT2D eigenvalue weighted by Crippen LogP contribution is 2.44. The van der Waals surface area contributed by atoms with E-state index in [1.165, 1.54) is 13.2 Å². The molecule has 2 aromatic carbocycles. The molecule has 1 N–H and O–H groups in total. The van der Waals surface area contributed by atoms with Crippen LogP contribution in [0.5, 0.6) is 23.0 Å². The number of fused-ring (bicyclic) bond motifs is 1. The van der Waals surface area contributed by atoms with Crippen LogP contribution in [0.25, 0.3) is 10.9 Å². The Morgan fingerprint density at radius 3 is 2.20 bits per heavy atom. The first-order valence-electron chi connectivity index (χ1n) is 7.74. The second-order valence-corrected chi connectivity index (χ2v) is 5.53. The average Bonchev–Trinajstić information content (AvgIpc) is 3.02. The Morgan fingerprint density at radius 1 is 0.880 bits per heavy atom. The van der Waals surface area contributed by atoms with Crippen LogP contribution in [0.4, 0.5) is 4.39 Å². The van der Waals surface area contributed by atoms with Gasteiger partial charge in [0.1, 0.15) is 0 Å². The van der Waals surface area contributed by atoms with Gasteiger partial charge in [0.05, 0.1) is 34.0 Å². The van der Waals surface area contributed by atoms with Crippen LogP contribution in [0, 0.1) is 5.82 Å². The number of hydrogen-bond donors (Lipinski definition) is 1. The van der Waals surface area contributed by atoms with E-state index in [4.69, 9.17) is 18.9 Å². The number of benzene rings is 2. The van der Waals surface area contributed by atoms with Crippen LogP contribution in [0.1, 0.15) is 11.1 Å². The number of aromatic nitrogens is 1. The van der Waals surface area contributed by atoms with Crippen molar-refractivity contribution in [3.05, 3.63) is 47.4 Å². The minimum absolute atomic E-state index is 0.232. The third kappa shape index (κ3) is 2.95. The zero-order chi connectivity index (χ0) is 18.0. The van der Waals surface area contributed by atoms with Gasteiger partial charge in [0.2, 0.25) is 5.75 Å². The van der Waals surface area contributed by atoms with Gasteiger partial charge < -0.3 is 23.9 Å². The van der Waals surface area contributed by atoms with Crippen molar-refractivity contribution in [3.8, 4) is 23.0 Å². The fourth-order valence-corrected chi connectivity index (χ4v) is 2.98. The SMILES string of the molecule is COc1ccc(Cc2c[nH]c3c(OC)c(OC)c(OC)cc23)cc1F. The summed E-state index contributed by atoms with van der Waals surface area (Å²) in [5.74, 6) is 1.53. The molecule has 0 fully saturated rings. The molecule has 132 valence electrons. The molecule has 0 spiro atoms. The van der Waals surface area contributed by atoms with Crippen molar-refractivity contribution in [1.29, 1.82) is 0 Å². The molecule has 0 aliphatic heterocycles. The number of halogens is 1. The quantitative estimate of drug-likeness (QED) is 0.735. The normalized spacial score (nSPS) is 10.8. The van der Waals surface area contributed by atoms with E-state index in [1.807, 2.05) is 18.3 Å². The van der Waals surface area contributed by atoms with Crippen LogP contribution in [0.15, 0.2) is 30.5 Å². The summed E-state index contributed by atoms with van der Waals surface area (Å²) in [7, 11) is 6.17. The van der Waals surface area contributed by atoms with Crippen LogP contribution in [-0.4, -0.2) is 33.4 Å². The Hall–Kier alpha value is -2.89. The van der Waals surface area contributed by atoms with Gasteiger partial charge in [-0.2, -0.15) is 0 Å². The summed E-state index contributed by atoms with van der Waals surface area (Å²) < 4.78 is 35.2. The number of rotatable bonds is 6. The number of ether oxygens (including phenoxy) is 4. The molecule has 1 aromatic heterocycles. The van der Waals surface area contributed by atoms with Crippen molar-refractivity contribution in [1.82, 2.24) is 4.98 Å². The van der Waals surface area contributed by atoms with Gasteiger partial charge in [-0.3, -0.25) is 0 Å². The zero-order valence-electron chi connectivity index (χ0n) is 14.6. The van der Waals surface area contributed by atoms with E-state index in [2.05, 4.69) is 4.98 Å². The van der Waals surface area contributed by atoms with E-state index < -0.39 is 0 Å². The van der Waals surface area contributed by atoms with Gasteiger partial charge in [0.15, 0.2) is 23.1 Å². The molecule has 0 aliphatic rings. The second-order valence-electron chi connectivity index (χ2n) is 5.53. The molecule has 0 atom stereocenters. The van der Waals surface area contributed by atoms with Crippen molar-refractivity contribution in [2.24, 2.45) is 0 Å². The topological polar surface area (TPSA) is 52.7 Å². The summed E-state index contributed by atoms with van der Waals surface area (Å²) in [6, 6.07) is 6.85. The van der Waals surface area contributed by atoms with Crippen molar-refractivity contribution < 1.29 is 23.3 Å². The summed E-state index contributed by atoms with van der Waals surface area (Å²) in [6.45, 7) is 0. The molecule has 0 radical (unpaired) electrons. The molecule has 6 heteroatoms.